The molecule has 0 bridgehead atoms. The normalized spacial score (nSPS) is 18.6. The zero-order valence-electron chi connectivity index (χ0n) is 23.1. The van der Waals surface area contributed by atoms with Crippen LogP contribution < -0.4 is 15.5 Å². The predicted molar refractivity (Wildman–Crippen MR) is 150 cm³/mol. The molecule has 41 heavy (non-hydrogen) atoms. The van der Waals surface area contributed by atoms with Crippen LogP contribution in [-0.2, 0) is 11.2 Å². The first-order valence-corrected chi connectivity index (χ1v) is 14.1. The average Bonchev–Trinajstić information content (AvgIpc) is 3.68. The van der Waals surface area contributed by atoms with Crippen LogP contribution in [0.4, 0.5) is 13.2 Å². The number of amidine groups is 1. The fraction of sp³-hybridized carbons (Fsp3) is 0.464. The minimum absolute atomic E-state index is 0.0189. The Hall–Kier alpha value is -3.79. The van der Waals surface area contributed by atoms with E-state index in [2.05, 4.69) is 37.7 Å². The van der Waals surface area contributed by atoms with Crippen molar-refractivity contribution in [3.05, 3.63) is 41.5 Å². The predicted octanol–water partition coefficient (Wildman–Crippen LogP) is 4.31. The van der Waals surface area contributed by atoms with Crippen LogP contribution in [0, 0.1) is 17.8 Å². The van der Waals surface area contributed by atoms with Crippen molar-refractivity contribution >= 4 is 28.7 Å². The zero-order valence-corrected chi connectivity index (χ0v) is 23.9. The maximum atomic E-state index is 13.9. The number of halogens is 3. The molecule has 2 N–H and O–H groups in total. The van der Waals surface area contributed by atoms with Gasteiger partial charge in [0.15, 0.2) is 10.5 Å². The number of amides is 2. The lowest BCUT2D eigenvalue weighted by molar-refractivity contribution is -0.143. The van der Waals surface area contributed by atoms with Gasteiger partial charge in [0.25, 0.3) is 12.3 Å². The molecule has 2 amide bonds. The fourth-order valence-electron chi connectivity index (χ4n) is 4.13. The van der Waals surface area contributed by atoms with Gasteiger partial charge in [0.2, 0.25) is 5.91 Å². The molecule has 9 nitrogen and oxygen atoms in total. The van der Waals surface area contributed by atoms with Crippen LogP contribution in [0.5, 0.6) is 5.75 Å². The van der Waals surface area contributed by atoms with Crippen LogP contribution in [0.25, 0.3) is 11.1 Å². The molecule has 13 heteroatoms. The molecule has 1 atom stereocenters. The Morgan fingerprint density at radius 1 is 1.20 bits per heavy atom. The van der Waals surface area contributed by atoms with E-state index in [0.29, 0.717) is 11.1 Å². The summed E-state index contributed by atoms with van der Waals surface area (Å²) in [6.45, 7) is 5.38. The first-order valence-electron chi connectivity index (χ1n) is 13.2. The smallest absolute Gasteiger partial charge is 0.280 e. The van der Waals surface area contributed by atoms with Crippen molar-refractivity contribution in [1.82, 2.24) is 25.6 Å². The molecule has 2 aromatic heterocycles. The molecule has 218 valence electrons. The monoisotopic (exact) mass is 588 g/mol. The highest BCUT2D eigenvalue weighted by Crippen LogP contribution is 2.35. The number of methoxy groups -OCH3 is 1. The Bertz CT molecular complexity index is 1400. The van der Waals surface area contributed by atoms with Gasteiger partial charge in [0.1, 0.15) is 17.1 Å². The highest BCUT2D eigenvalue weighted by Gasteiger charge is 2.41. The number of alkyl halides is 3. The zero-order chi connectivity index (χ0) is 29.7. The van der Waals surface area contributed by atoms with E-state index >= 15 is 0 Å². The third kappa shape index (κ3) is 7.49. The number of nitrogens with zero attached hydrogens (tertiary/aromatic N) is 4. The van der Waals surface area contributed by atoms with Gasteiger partial charge in [-0.2, -0.15) is 5.10 Å². The third-order valence-electron chi connectivity index (χ3n) is 6.28. The summed E-state index contributed by atoms with van der Waals surface area (Å²) in [6, 6.07) is 2.61. The molecule has 1 saturated carbocycles. The molecular formula is C28H31F3N6O3S. The molecule has 1 aliphatic carbocycles. The molecule has 2 fully saturated rings. The van der Waals surface area contributed by atoms with Crippen LogP contribution in [0.1, 0.15) is 61.8 Å². The van der Waals surface area contributed by atoms with Crippen molar-refractivity contribution in [2.45, 2.75) is 57.5 Å². The summed E-state index contributed by atoms with van der Waals surface area (Å²) >= 11 is 1.24. The van der Waals surface area contributed by atoms with Gasteiger partial charge in [-0.1, -0.05) is 25.7 Å². The second-order valence-corrected chi connectivity index (χ2v) is 10.8. The van der Waals surface area contributed by atoms with Gasteiger partial charge in [-0.25, -0.2) is 13.2 Å². The second kappa shape index (κ2) is 12.8. The van der Waals surface area contributed by atoms with Gasteiger partial charge in [-0.15, -0.1) is 0 Å². The lowest BCUT2D eigenvalue weighted by Crippen LogP contribution is -2.59. The molecule has 5 rings (SSSR count). The number of hydrazone groups is 1. The highest BCUT2D eigenvalue weighted by atomic mass is 32.2. The first kappa shape index (κ1) is 30.2. The lowest BCUT2D eigenvalue weighted by Gasteiger charge is -2.42. The van der Waals surface area contributed by atoms with E-state index in [1.54, 1.807) is 0 Å². The average molecular weight is 589 g/mol. The van der Waals surface area contributed by atoms with Gasteiger partial charge < -0.3 is 9.64 Å². The van der Waals surface area contributed by atoms with E-state index in [4.69, 9.17) is 4.74 Å². The van der Waals surface area contributed by atoms with E-state index in [-0.39, 0.29) is 58.9 Å². The number of rotatable bonds is 6. The van der Waals surface area contributed by atoms with Crippen molar-refractivity contribution in [2.24, 2.45) is 11.0 Å². The van der Waals surface area contributed by atoms with Crippen molar-refractivity contribution in [1.29, 1.82) is 0 Å². The lowest BCUT2D eigenvalue weighted by atomic mass is 9.96. The van der Waals surface area contributed by atoms with E-state index in [9.17, 15) is 22.8 Å². The SMILES string of the molecule is CC.COc1cnc(C(F)F)cc1-c1cc(CC(=O)N2CC(C)(F)C2)ncc1C(=O)NC1=NNC(C#CC2CC2)S1. The maximum absolute atomic E-state index is 13.9. The largest absolute Gasteiger partial charge is 0.494 e. The fourth-order valence-corrected chi connectivity index (χ4v) is 4.84. The molecule has 0 aromatic carbocycles. The molecule has 1 saturated heterocycles. The third-order valence-corrected chi connectivity index (χ3v) is 7.16. The van der Waals surface area contributed by atoms with Crippen LogP contribution in [-0.4, -0.2) is 63.1 Å². The Labute approximate surface area is 240 Å². The minimum atomic E-state index is -2.86. The van der Waals surface area contributed by atoms with E-state index in [1.165, 1.54) is 43.0 Å². The Morgan fingerprint density at radius 3 is 2.56 bits per heavy atom. The number of pyridine rings is 2. The maximum Gasteiger partial charge on any atom is 0.280 e. The van der Waals surface area contributed by atoms with Crippen molar-refractivity contribution in [3.8, 4) is 28.7 Å². The van der Waals surface area contributed by atoms with Gasteiger partial charge in [-0.3, -0.25) is 30.3 Å². The van der Waals surface area contributed by atoms with Crippen LogP contribution >= 0.6 is 11.8 Å². The number of carbonyl (C=O) groups excluding carboxylic acids is 2. The van der Waals surface area contributed by atoms with Crippen LogP contribution in [0.3, 0.4) is 0 Å². The van der Waals surface area contributed by atoms with Crippen LogP contribution in [0.2, 0.25) is 0 Å². The molecule has 3 aliphatic rings. The molecule has 1 unspecified atom stereocenters. The number of thioether (sulfide) groups is 1. The number of aromatic nitrogens is 2. The van der Waals surface area contributed by atoms with Gasteiger partial charge in [0, 0.05) is 23.2 Å². The number of nitrogens with one attached hydrogen (secondary N) is 2. The molecule has 4 heterocycles. The summed E-state index contributed by atoms with van der Waals surface area (Å²) in [5.41, 5.74) is 1.64. The summed E-state index contributed by atoms with van der Waals surface area (Å²) in [6.07, 6.45) is 1.57. The first-order chi connectivity index (χ1) is 19.6. The van der Waals surface area contributed by atoms with Crippen molar-refractivity contribution in [3.63, 3.8) is 0 Å². The quantitative estimate of drug-likeness (QED) is 0.485. The second-order valence-electron chi connectivity index (χ2n) is 9.73. The standard InChI is InChI=1S/C26H25F3N6O3S.C2H6/c1-26(29)12-35(13-26)22(36)8-15-7-16(17-9-19(23(27)28)31-11-20(17)38-2)18(10-30-15)24(37)32-25-34-33-21(39-25)6-5-14-3-4-14;1-2/h7,9-11,14,21,23,33H,3-4,8,12-13H2,1-2H3,(H,32,34,37);1-2H3. The van der Waals surface area contributed by atoms with Gasteiger partial charge in [0.05, 0.1) is 44.1 Å². The number of hydrogen-bond donors (Lipinski definition) is 2. The summed E-state index contributed by atoms with van der Waals surface area (Å²) in [5, 5.41) is 6.82. The summed E-state index contributed by atoms with van der Waals surface area (Å²) in [4.78, 5) is 35.4. The molecule has 2 aromatic rings. The van der Waals surface area contributed by atoms with Crippen molar-refractivity contribution < 1.29 is 27.5 Å². The van der Waals surface area contributed by atoms with E-state index < -0.39 is 23.7 Å². The van der Waals surface area contributed by atoms with Gasteiger partial charge >= 0.3 is 0 Å². The molecular weight excluding hydrogens is 557 g/mol. The minimum Gasteiger partial charge on any atom is -0.494 e. The Kier molecular flexibility index (Phi) is 9.42. The van der Waals surface area contributed by atoms with E-state index in [0.717, 1.165) is 25.1 Å². The molecule has 0 radical (unpaired) electrons. The van der Waals surface area contributed by atoms with E-state index in [1.807, 2.05) is 13.8 Å². The molecule has 2 aliphatic heterocycles. The number of ether oxygens (including phenoxy) is 1. The number of likely N-dealkylation sites (tertiary alicyclic amines) is 1. The molecule has 0 spiro atoms. The summed E-state index contributed by atoms with van der Waals surface area (Å²) in [5.74, 6) is 5.86. The van der Waals surface area contributed by atoms with Gasteiger partial charge in [-0.05, 0) is 43.7 Å². The summed E-state index contributed by atoms with van der Waals surface area (Å²) in [7, 11) is 1.35. The van der Waals surface area contributed by atoms with Crippen LogP contribution in [0.15, 0.2) is 29.6 Å². The Morgan fingerprint density at radius 2 is 1.93 bits per heavy atom. The Balaban J connectivity index is 0.00000189. The number of carbonyl (C=O) groups is 2. The van der Waals surface area contributed by atoms with Crippen molar-refractivity contribution in [2.75, 3.05) is 20.2 Å². The number of hydrogen-bond acceptors (Lipinski definition) is 8. The summed E-state index contributed by atoms with van der Waals surface area (Å²) < 4.78 is 46.3. The topological polar surface area (TPSA) is 109 Å². The highest BCUT2D eigenvalue weighted by molar-refractivity contribution is 8.14.